The number of anilines is 1. The van der Waals surface area contributed by atoms with E-state index >= 15 is 0 Å². The van der Waals surface area contributed by atoms with Gasteiger partial charge in [0.05, 0.1) is 17.6 Å². The zero-order chi connectivity index (χ0) is 17.8. The van der Waals surface area contributed by atoms with Gasteiger partial charge in [0, 0.05) is 25.2 Å². The standard InChI is InChI=1S/C20H19N3O2/c1-14-2-8-18(9-3-14)23-13-17(10-19(23)24)20(25)22-12-16-6-4-15(11-21)5-7-16/h2-9,17H,10,12-13H2,1H3,(H,22,25). The molecule has 1 saturated heterocycles. The van der Waals surface area contributed by atoms with Crippen LogP contribution in [-0.4, -0.2) is 18.4 Å². The van der Waals surface area contributed by atoms with Gasteiger partial charge in [0.25, 0.3) is 0 Å². The van der Waals surface area contributed by atoms with Gasteiger partial charge in [0.1, 0.15) is 0 Å². The summed E-state index contributed by atoms with van der Waals surface area (Å²) in [5.41, 5.74) is 3.47. The fourth-order valence-electron chi connectivity index (χ4n) is 2.89. The summed E-state index contributed by atoms with van der Waals surface area (Å²) < 4.78 is 0. The number of carbonyl (C=O) groups excluding carboxylic acids is 2. The molecule has 1 fully saturated rings. The van der Waals surface area contributed by atoms with Crippen molar-refractivity contribution in [1.82, 2.24) is 5.32 Å². The topological polar surface area (TPSA) is 73.2 Å². The van der Waals surface area contributed by atoms with E-state index in [4.69, 9.17) is 5.26 Å². The van der Waals surface area contributed by atoms with Gasteiger partial charge < -0.3 is 10.2 Å². The van der Waals surface area contributed by atoms with E-state index in [1.54, 1.807) is 17.0 Å². The van der Waals surface area contributed by atoms with Crippen molar-refractivity contribution in [3.05, 3.63) is 65.2 Å². The first kappa shape index (κ1) is 16.7. The number of rotatable bonds is 4. The Bertz CT molecular complexity index is 820. The van der Waals surface area contributed by atoms with Gasteiger partial charge >= 0.3 is 0 Å². The highest BCUT2D eigenvalue weighted by Crippen LogP contribution is 2.25. The number of carbonyl (C=O) groups is 2. The van der Waals surface area contributed by atoms with E-state index in [2.05, 4.69) is 11.4 Å². The Hall–Kier alpha value is -3.13. The summed E-state index contributed by atoms with van der Waals surface area (Å²) in [6, 6.07) is 16.9. The molecule has 2 aromatic carbocycles. The maximum absolute atomic E-state index is 12.4. The summed E-state index contributed by atoms with van der Waals surface area (Å²) in [5, 5.41) is 11.7. The van der Waals surface area contributed by atoms with Crippen LogP contribution in [0.4, 0.5) is 5.69 Å². The molecule has 1 unspecified atom stereocenters. The summed E-state index contributed by atoms with van der Waals surface area (Å²) in [7, 11) is 0. The second kappa shape index (κ2) is 7.18. The van der Waals surface area contributed by atoms with Gasteiger partial charge in [0.15, 0.2) is 0 Å². The minimum Gasteiger partial charge on any atom is -0.352 e. The molecule has 0 spiro atoms. The normalized spacial score (nSPS) is 16.6. The molecule has 5 heteroatoms. The quantitative estimate of drug-likeness (QED) is 0.934. The molecule has 1 aliphatic rings. The van der Waals surface area contributed by atoms with Gasteiger partial charge in [-0.1, -0.05) is 29.8 Å². The van der Waals surface area contributed by atoms with Crippen molar-refractivity contribution < 1.29 is 9.59 Å². The van der Waals surface area contributed by atoms with E-state index in [1.807, 2.05) is 43.3 Å². The molecule has 3 rings (SSSR count). The van der Waals surface area contributed by atoms with E-state index in [9.17, 15) is 9.59 Å². The summed E-state index contributed by atoms with van der Waals surface area (Å²) in [6.45, 7) is 2.79. The molecule has 0 aromatic heterocycles. The van der Waals surface area contributed by atoms with Crippen molar-refractivity contribution in [3.8, 4) is 6.07 Å². The number of hydrogen-bond donors (Lipinski definition) is 1. The van der Waals surface area contributed by atoms with E-state index < -0.39 is 0 Å². The van der Waals surface area contributed by atoms with Gasteiger partial charge in [-0.3, -0.25) is 9.59 Å². The summed E-state index contributed by atoms with van der Waals surface area (Å²) in [5.74, 6) is -0.484. The second-order valence-corrected chi connectivity index (χ2v) is 6.27. The molecule has 5 nitrogen and oxygen atoms in total. The molecule has 1 atom stereocenters. The Morgan fingerprint density at radius 2 is 1.88 bits per heavy atom. The maximum Gasteiger partial charge on any atom is 0.227 e. The van der Waals surface area contributed by atoms with E-state index in [-0.39, 0.29) is 24.2 Å². The molecule has 0 aliphatic carbocycles. The largest absolute Gasteiger partial charge is 0.352 e. The average molecular weight is 333 g/mol. The van der Waals surface area contributed by atoms with Gasteiger partial charge in [-0.15, -0.1) is 0 Å². The number of nitrogens with zero attached hydrogens (tertiary/aromatic N) is 2. The molecule has 0 saturated carbocycles. The van der Waals surface area contributed by atoms with Crippen LogP contribution in [0.2, 0.25) is 0 Å². The molecule has 126 valence electrons. The fraction of sp³-hybridized carbons (Fsp3) is 0.250. The predicted molar refractivity (Wildman–Crippen MR) is 94.6 cm³/mol. The molecule has 2 amide bonds. The Balaban J connectivity index is 1.58. The Kier molecular flexibility index (Phi) is 4.80. The van der Waals surface area contributed by atoms with Crippen molar-refractivity contribution in [2.45, 2.75) is 19.9 Å². The van der Waals surface area contributed by atoms with Crippen LogP contribution in [-0.2, 0) is 16.1 Å². The zero-order valence-corrected chi connectivity index (χ0v) is 14.0. The van der Waals surface area contributed by atoms with E-state index in [0.29, 0.717) is 18.7 Å². The summed E-state index contributed by atoms with van der Waals surface area (Å²) >= 11 is 0. The van der Waals surface area contributed by atoms with E-state index in [1.165, 1.54) is 0 Å². The Morgan fingerprint density at radius 1 is 1.20 bits per heavy atom. The molecule has 1 aliphatic heterocycles. The third kappa shape index (κ3) is 3.86. The van der Waals surface area contributed by atoms with Crippen LogP contribution in [0.25, 0.3) is 0 Å². The number of benzene rings is 2. The third-order valence-corrected chi connectivity index (χ3v) is 4.39. The van der Waals surface area contributed by atoms with Crippen LogP contribution in [0.15, 0.2) is 48.5 Å². The minimum atomic E-state index is -0.341. The SMILES string of the molecule is Cc1ccc(N2CC(C(=O)NCc3ccc(C#N)cc3)CC2=O)cc1. The lowest BCUT2D eigenvalue weighted by molar-refractivity contribution is -0.126. The van der Waals surface area contributed by atoms with Gasteiger partial charge in [-0.2, -0.15) is 5.26 Å². The van der Waals surface area contributed by atoms with Crippen molar-refractivity contribution in [1.29, 1.82) is 5.26 Å². The van der Waals surface area contributed by atoms with Crippen LogP contribution in [0, 0.1) is 24.2 Å². The third-order valence-electron chi connectivity index (χ3n) is 4.39. The monoisotopic (exact) mass is 333 g/mol. The molecule has 2 aromatic rings. The van der Waals surface area contributed by atoms with Gasteiger partial charge in [-0.05, 0) is 36.8 Å². The van der Waals surface area contributed by atoms with Crippen LogP contribution < -0.4 is 10.2 Å². The van der Waals surface area contributed by atoms with Crippen molar-refractivity contribution in [3.63, 3.8) is 0 Å². The molecule has 0 radical (unpaired) electrons. The lowest BCUT2D eigenvalue weighted by Crippen LogP contribution is -2.32. The highest BCUT2D eigenvalue weighted by Gasteiger charge is 2.34. The first-order valence-corrected chi connectivity index (χ1v) is 8.20. The number of hydrogen-bond acceptors (Lipinski definition) is 3. The lowest BCUT2D eigenvalue weighted by Gasteiger charge is -2.17. The maximum atomic E-state index is 12.4. The molecule has 0 bridgehead atoms. The number of amides is 2. The first-order chi connectivity index (χ1) is 12.1. The smallest absolute Gasteiger partial charge is 0.227 e. The molecule has 25 heavy (non-hydrogen) atoms. The number of nitrogens with one attached hydrogen (secondary N) is 1. The molecule has 1 N–H and O–H groups in total. The van der Waals surface area contributed by atoms with Gasteiger partial charge in [0.2, 0.25) is 11.8 Å². The number of aryl methyl sites for hydroxylation is 1. The van der Waals surface area contributed by atoms with Crippen LogP contribution in [0.1, 0.15) is 23.1 Å². The van der Waals surface area contributed by atoms with Crippen molar-refractivity contribution in [2.24, 2.45) is 5.92 Å². The lowest BCUT2D eigenvalue weighted by atomic mass is 10.1. The first-order valence-electron chi connectivity index (χ1n) is 8.20. The predicted octanol–water partition coefficient (Wildman–Crippen LogP) is 2.54. The zero-order valence-electron chi connectivity index (χ0n) is 14.0. The highest BCUT2D eigenvalue weighted by atomic mass is 16.2. The Labute approximate surface area is 146 Å². The van der Waals surface area contributed by atoms with Crippen LogP contribution in [0.5, 0.6) is 0 Å². The number of nitriles is 1. The van der Waals surface area contributed by atoms with Crippen molar-refractivity contribution in [2.75, 3.05) is 11.4 Å². The summed E-state index contributed by atoms with van der Waals surface area (Å²) in [4.78, 5) is 26.3. The van der Waals surface area contributed by atoms with Gasteiger partial charge in [-0.25, -0.2) is 0 Å². The van der Waals surface area contributed by atoms with E-state index in [0.717, 1.165) is 16.8 Å². The minimum absolute atomic E-state index is 0.0256. The van der Waals surface area contributed by atoms with Crippen LogP contribution in [0.3, 0.4) is 0 Å². The molecular formula is C20H19N3O2. The second-order valence-electron chi connectivity index (χ2n) is 6.27. The van der Waals surface area contributed by atoms with Crippen molar-refractivity contribution >= 4 is 17.5 Å². The Morgan fingerprint density at radius 3 is 2.52 bits per heavy atom. The summed E-state index contributed by atoms with van der Waals surface area (Å²) in [6.07, 6.45) is 0.229. The highest BCUT2D eigenvalue weighted by molar-refractivity contribution is 6.00. The van der Waals surface area contributed by atoms with Crippen LogP contribution >= 0.6 is 0 Å². The average Bonchev–Trinajstić information content (AvgIpc) is 3.02. The molecule has 1 heterocycles. The fourth-order valence-corrected chi connectivity index (χ4v) is 2.89. The molecular weight excluding hydrogens is 314 g/mol.